The maximum Gasteiger partial charge on any atom is 0.430 e. The second-order valence-electron chi connectivity index (χ2n) is 5.62. The monoisotopic (exact) mass is 415 g/mol. The molecule has 2 aromatic carbocycles. The number of carbonyl (C=O) groups is 1. The lowest BCUT2D eigenvalue weighted by atomic mass is 10.0. The lowest BCUT2D eigenvalue weighted by Crippen LogP contribution is -2.40. The van der Waals surface area contributed by atoms with Crippen LogP contribution < -0.4 is 9.47 Å². The van der Waals surface area contributed by atoms with Crippen LogP contribution in [0.5, 0.6) is 17.2 Å². The maximum atomic E-state index is 13.1. The molecular weight excluding hydrogens is 407 g/mol. The van der Waals surface area contributed by atoms with Gasteiger partial charge in [-0.1, -0.05) is 11.6 Å². The Labute approximate surface area is 159 Å². The number of nitro benzene ring substituents is 1. The molecule has 1 aliphatic heterocycles. The molecule has 0 aromatic heterocycles. The number of rotatable bonds is 4. The molecule has 1 aliphatic rings. The fourth-order valence-corrected chi connectivity index (χ4v) is 2.67. The van der Waals surface area contributed by atoms with E-state index in [0.717, 1.165) is 12.1 Å². The third kappa shape index (κ3) is 3.86. The Balaban J connectivity index is 1.96. The van der Waals surface area contributed by atoms with Crippen molar-refractivity contribution in [3.05, 3.63) is 62.7 Å². The molecule has 28 heavy (non-hydrogen) atoms. The van der Waals surface area contributed by atoms with Crippen molar-refractivity contribution in [2.45, 2.75) is 12.3 Å². The van der Waals surface area contributed by atoms with E-state index >= 15 is 0 Å². The Morgan fingerprint density at radius 3 is 2.43 bits per heavy atom. The van der Waals surface area contributed by atoms with Gasteiger partial charge in [0.25, 0.3) is 5.69 Å². The number of alkyl halides is 3. The minimum absolute atomic E-state index is 0.0212. The largest absolute Gasteiger partial charge is 0.478 e. The molecule has 146 valence electrons. The van der Waals surface area contributed by atoms with Crippen LogP contribution in [0.3, 0.4) is 0 Å². The average molecular weight is 416 g/mol. The lowest BCUT2D eigenvalue weighted by molar-refractivity contribution is -0.384. The smallest absolute Gasteiger partial charge is 0.430 e. The summed E-state index contributed by atoms with van der Waals surface area (Å²) in [5, 5.41) is 19.7. The SMILES string of the molecule is O=C(O)C1=Cc2cc(Cl)c(Oc3ccc([N+](=O)[O-])cc3)cc2O[C@@H]1C(F)(F)F. The molecule has 0 radical (unpaired) electrons. The van der Waals surface area contributed by atoms with Gasteiger partial charge in [-0.15, -0.1) is 0 Å². The summed E-state index contributed by atoms with van der Waals surface area (Å²) in [6.45, 7) is 0. The van der Waals surface area contributed by atoms with Gasteiger partial charge in [-0.3, -0.25) is 10.1 Å². The summed E-state index contributed by atoms with van der Waals surface area (Å²) in [7, 11) is 0. The number of carboxylic acids is 1. The molecule has 0 saturated heterocycles. The van der Waals surface area contributed by atoms with Crippen molar-refractivity contribution in [2.24, 2.45) is 0 Å². The first-order valence-electron chi connectivity index (χ1n) is 7.50. The standard InChI is InChI=1S/C17H9ClF3NO6/c18-12-6-8-5-11(16(23)24)15(17(19,20)21)28-13(8)7-14(12)27-10-3-1-9(2-4-10)22(25)26/h1-7,15H,(H,23,24)/t15-/m0/s1. The Kier molecular flexibility index (Phi) is 4.90. The zero-order valence-corrected chi connectivity index (χ0v) is 14.3. The molecule has 3 rings (SSSR count). The quantitative estimate of drug-likeness (QED) is 0.567. The van der Waals surface area contributed by atoms with Crippen molar-refractivity contribution >= 4 is 29.3 Å². The maximum absolute atomic E-state index is 13.1. The van der Waals surface area contributed by atoms with Crippen LogP contribution in [0.2, 0.25) is 5.02 Å². The minimum Gasteiger partial charge on any atom is -0.478 e. The third-order valence-corrected chi connectivity index (χ3v) is 4.02. The molecule has 1 atom stereocenters. The van der Waals surface area contributed by atoms with E-state index in [0.29, 0.717) is 0 Å². The number of hydrogen-bond donors (Lipinski definition) is 1. The predicted octanol–water partition coefficient (Wildman–Crippen LogP) is 4.83. The van der Waals surface area contributed by atoms with Crippen molar-refractivity contribution in [1.82, 2.24) is 0 Å². The molecule has 0 saturated carbocycles. The van der Waals surface area contributed by atoms with Crippen LogP contribution >= 0.6 is 11.6 Å². The van der Waals surface area contributed by atoms with Gasteiger partial charge >= 0.3 is 12.1 Å². The summed E-state index contributed by atoms with van der Waals surface area (Å²) in [5.41, 5.74) is -1.11. The molecule has 0 unspecified atom stereocenters. The first-order chi connectivity index (χ1) is 13.1. The molecule has 0 aliphatic carbocycles. The van der Waals surface area contributed by atoms with Gasteiger partial charge in [-0.25, -0.2) is 4.79 Å². The number of fused-ring (bicyclic) bond motifs is 1. The van der Waals surface area contributed by atoms with E-state index in [4.69, 9.17) is 26.2 Å². The number of aliphatic carboxylic acids is 1. The Hall–Kier alpha value is -3.27. The van der Waals surface area contributed by atoms with Crippen LogP contribution in [-0.2, 0) is 4.79 Å². The molecule has 7 nitrogen and oxygen atoms in total. The number of non-ortho nitro benzene ring substituents is 1. The molecule has 0 fully saturated rings. The zero-order chi connectivity index (χ0) is 20.6. The fraction of sp³-hybridized carbons (Fsp3) is 0.118. The van der Waals surface area contributed by atoms with Crippen LogP contribution in [0.1, 0.15) is 5.56 Å². The summed E-state index contributed by atoms with van der Waals surface area (Å²) in [6, 6.07) is 7.23. The van der Waals surface area contributed by atoms with Crippen LogP contribution in [0.25, 0.3) is 6.08 Å². The first-order valence-corrected chi connectivity index (χ1v) is 7.88. The molecular formula is C17H9ClF3NO6. The molecule has 1 heterocycles. The van der Waals surface area contributed by atoms with Crippen molar-refractivity contribution < 1.29 is 37.5 Å². The second kappa shape index (κ2) is 7.04. The number of nitro groups is 1. The van der Waals surface area contributed by atoms with Gasteiger partial charge in [-0.2, -0.15) is 13.2 Å². The number of nitrogens with zero attached hydrogens (tertiary/aromatic N) is 1. The van der Waals surface area contributed by atoms with Gasteiger partial charge < -0.3 is 14.6 Å². The van der Waals surface area contributed by atoms with Gasteiger partial charge in [0.05, 0.1) is 15.5 Å². The molecule has 0 spiro atoms. The first kappa shape index (κ1) is 19.5. The Morgan fingerprint density at radius 1 is 1.25 bits per heavy atom. The van der Waals surface area contributed by atoms with Gasteiger partial charge in [0.2, 0.25) is 6.10 Å². The minimum atomic E-state index is -4.94. The highest BCUT2D eigenvalue weighted by atomic mass is 35.5. The fourth-order valence-electron chi connectivity index (χ4n) is 2.46. The summed E-state index contributed by atoms with van der Waals surface area (Å²) >= 11 is 6.06. The van der Waals surface area contributed by atoms with E-state index in [2.05, 4.69) is 0 Å². The van der Waals surface area contributed by atoms with Gasteiger partial charge in [0, 0.05) is 23.8 Å². The summed E-state index contributed by atoms with van der Waals surface area (Å²) < 4.78 is 49.7. The summed E-state index contributed by atoms with van der Waals surface area (Å²) in [4.78, 5) is 21.2. The number of ether oxygens (including phenoxy) is 2. The number of hydrogen-bond acceptors (Lipinski definition) is 5. The Morgan fingerprint density at radius 2 is 1.89 bits per heavy atom. The van der Waals surface area contributed by atoms with E-state index in [9.17, 15) is 28.1 Å². The number of carboxylic acid groups (broad SMARTS) is 1. The van der Waals surface area contributed by atoms with E-state index in [-0.39, 0.29) is 33.5 Å². The highest BCUT2D eigenvalue weighted by molar-refractivity contribution is 6.32. The van der Waals surface area contributed by atoms with Crippen molar-refractivity contribution in [3.63, 3.8) is 0 Å². The highest BCUT2D eigenvalue weighted by Crippen LogP contribution is 2.42. The molecule has 11 heteroatoms. The Bertz CT molecular complexity index is 988. The molecule has 0 bridgehead atoms. The molecule has 1 N–H and O–H groups in total. The van der Waals surface area contributed by atoms with E-state index < -0.39 is 28.7 Å². The topological polar surface area (TPSA) is 98.9 Å². The molecule has 2 aromatic rings. The van der Waals surface area contributed by atoms with Crippen LogP contribution in [-0.4, -0.2) is 28.3 Å². The normalized spacial score (nSPS) is 15.9. The second-order valence-corrected chi connectivity index (χ2v) is 6.03. The van der Waals surface area contributed by atoms with Crippen LogP contribution in [0, 0.1) is 10.1 Å². The van der Waals surface area contributed by atoms with E-state index in [1.807, 2.05) is 0 Å². The van der Waals surface area contributed by atoms with Gasteiger partial charge in [-0.05, 0) is 24.3 Å². The van der Waals surface area contributed by atoms with Crippen molar-refractivity contribution in [2.75, 3.05) is 0 Å². The van der Waals surface area contributed by atoms with Crippen molar-refractivity contribution in [3.8, 4) is 17.2 Å². The van der Waals surface area contributed by atoms with Gasteiger partial charge in [0.1, 0.15) is 17.2 Å². The average Bonchev–Trinajstić information content (AvgIpc) is 2.61. The van der Waals surface area contributed by atoms with Gasteiger partial charge in [0.15, 0.2) is 0 Å². The number of halogens is 4. The van der Waals surface area contributed by atoms with E-state index in [1.165, 1.54) is 30.3 Å². The summed E-state index contributed by atoms with van der Waals surface area (Å²) in [5.74, 6) is -1.95. The zero-order valence-electron chi connectivity index (χ0n) is 13.6. The lowest BCUT2D eigenvalue weighted by Gasteiger charge is -2.27. The van der Waals surface area contributed by atoms with E-state index in [1.54, 1.807) is 0 Å². The summed E-state index contributed by atoms with van der Waals surface area (Å²) in [6.07, 6.45) is -6.76. The van der Waals surface area contributed by atoms with Crippen LogP contribution in [0.15, 0.2) is 42.0 Å². The van der Waals surface area contributed by atoms with Crippen molar-refractivity contribution in [1.29, 1.82) is 0 Å². The number of benzene rings is 2. The molecule has 0 amide bonds. The predicted molar refractivity (Wildman–Crippen MR) is 90.7 cm³/mol. The highest BCUT2D eigenvalue weighted by Gasteiger charge is 2.48. The van der Waals surface area contributed by atoms with Crippen LogP contribution in [0.4, 0.5) is 18.9 Å². The third-order valence-electron chi connectivity index (χ3n) is 3.72.